The van der Waals surface area contributed by atoms with Gasteiger partial charge >= 0.3 is 0 Å². The molecule has 0 aliphatic carbocycles. The summed E-state index contributed by atoms with van der Waals surface area (Å²) in [7, 11) is 1.79. The molecule has 68 valence electrons. The summed E-state index contributed by atoms with van der Waals surface area (Å²) in [6.07, 6.45) is 4.65. The van der Waals surface area contributed by atoms with E-state index in [1.54, 1.807) is 25.5 Å². The Labute approximate surface area is 77.0 Å². The van der Waals surface area contributed by atoms with E-state index in [-0.39, 0.29) is 0 Å². The van der Waals surface area contributed by atoms with Crippen molar-refractivity contribution in [3.05, 3.63) is 30.1 Å². The highest BCUT2D eigenvalue weighted by atomic mass is 14.8. The predicted octanol–water partition coefficient (Wildman–Crippen LogP) is 0.874. The minimum Gasteiger partial charge on any atom is -0.393 e. The molecule has 0 saturated carbocycles. The molecule has 4 N–H and O–H groups in total. The zero-order chi connectivity index (χ0) is 9.68. The molecule has 0 unspecified atom stereocenters. The van der Waals surface area contributed by atoms with Gasteiger partial charge in [0.05, 0.1) is 0 Å². The first-order valence-corrected chi connectivity index (χ1v) is 3.87. The number of anilines is 1. The molecule has 0 fully saturated rings. The van der Waals surface area contributed by atoms with Crippen molar-refractivity contribution < 1.29 is 0 Å². The van der Waals surface area contributed by atoms with Gasteiger partial charge in [0.2, 0.25) is 0 Å². The van der Waals surface area contributed by atoms with Crippen molar-refractivity contribution in [2.24, 2.45) is 0 Å². The van der Waals surface area contributed by atoms with Crippen molar-refractivity contribution in [2.45, 2.75) is 0 Å². The maximum Gasteiger partial charge on any atom is 0.123 e. The number of nitrogens with zero attached hydrogens (tertiary/aromatic N) is 1. The maximum atomic E-state index is 7.16. The molecule has 0 bridgehead atoms. The molecule has 1 rings (SSSR count). The summed E-state index contributed by atoms with van der Waals surface area (Å²) in [5.41, 5.74) is 7.09. The Morgan fingerprint density at radius 3 is 2.85 bits per heavy atom. The third kappa shape index (κ3) is 2.30. The topological polar surface area (TPSA) is 74.8 Å². The van der Waals surface area contributed by atoms with Crippen LogP contribution in [0.25, 0.3) is 5.57 Å². The lowest BCUT2D eigenvalue weighted by molar-refractivity contribution is 1.11. The van der Waals surface area contributed by atoms with Gasteiger partial charge < -0.3 is 16.5 Å². The first kappa shape index (κ1) is 9.25. The molecule has 0 spiro atoms. The molecule has 0 radical (unpaired) electrons. The second-order valence-corrected chi connectivity index (χ2v) is 2.50. The van der Waals surface area contributed by atoms with Crippen LogP contribution in [0.3, 0.4) is 0 Å². The van der Waals surface area contributed by atoms with Crippen LogP contribution < -0.4 is 11.1 Å². The zero-order valence-electron chi connectivity index (χ0n) is 7.41. The van der Waals surface area contributed by atoms with Crippen LogP contribution in [0.2, 0.25) is 0 Å². The van der Waals surface area contributed by atoms with E-state index in [0.29, 0.717) is 5.82 Å². The van der Waals surface area contributed by atoms with Crippen molar-refractivity contribution in [1.29, 1.82) is 5.41 Å². The van der Waals surface area contributed by atoms with Gasteiger partial charge in [0, 0.05) is 36.8 Å². The highest BCUT2D eigenvalue weighted by Crippen LogP contribution is 2.10. The average Bonchev–Trinajstić information content (AvgIpc) is 2.16. The molecular weight excluding hydrogens is 164 g/mol. The second-order valence-electron chi connectivity index (χ2n) is 2.50. The van der Waals surface area contributed by atoms with Gasteiger partial charge in [0.25, 0.3) is 0 Å². The van der Waals surface area contributed by atoms with E-state index >= 15 is 0 Å². The summed E-state index contributed by atoms with van der Waals surface area (Å²) >= 11 is 0. The minimum atomic E-state index is 0.484. The number of rotatable bonds is 3. The van der Waals surface area contributed by atoms with Gasteiger partial charge in [0.15, 0.2) is 0 Å². The van der Waals surface area contributed by atoms with Gasteiger partial charge in [-0.1, -0.05) is 0 Å². The van der Waals surface area contributed by atoms with E-state index in [1.807, 2.05) is 6.07 Å². The number of nitrogens with two attached hydrogens (primary N) is 1. The maximum absolute atomic E-state index is 7.16. The van der Waals surface area contributed by atoms with E-state index in [0.717, 1.165) is 11.1 Å². The Kier molecular flexibility index (Phi) is 3.03. The fourth-order valence-corrected chi connectivity index (χ4v) is 0.940. The van der Waals surface area contributed by atoms with Crippen LogP contribution >= 0.6 is 0 Å². The Balaban J connectivity index is 2.99. The molecule has 0 atom stereocenters. The third-order valence-corrected chi connectivity index (χ3v) is 1.58. The number of allylic oxidation sites excluding steroid dienone is 1. The molecule has 13 heavy (non-hydrogen) atoms. The lowest BCUT2D eigenvalue weighted by atomic mass is 10.1. The van der Waals surface area contributed by atoms with E-state index < -0.39 is 0 Å². The van der Waals surface area contributed by atoms with E-state index in [1.165, 1.54) is 6.21 Å². The van der Waals surface area contributed by atoms with Crippen molar-refractivity contribution in [2.75, 3.05) is 12.8 Å². The standard InChI is InChI=1S/C9H12N4/c1-12-5-8(4-10)7-2-3-9(11)13-6-7/h2-6,10,12H,1H3,(H2,11,13)/b8-5+,10-4?. The van der Waals surface area contributed by atoms with Crippen LogP contribution in [0.5, 0.6) is 0 Å². The Bertz CT molecular complexity index is 313. The second kappa shape index (κ2) is 4.25. The molecule has 4 nitrogen and oxygen atoms in total. The van der Waals surface area contributed by atoms with Crippen LogP contribution in [-0.2, 0) is 0 Å². The predicted molar refractivity (Wildman–Crippen MR) is 54.5 cm³/mol. The number of hydrogen-bond acceptors (Lipinski definition) is 4. The van der Waals surface area contributed by atoms with Crippen LogP contribution in [0, 0.1) is 5.41 Å². The monoisotopic (exact) mass is 176 g/mol. The quantitative estimate of drug-likeness (QED) is 0.598. The molecule has 0 amide bonds. The lowest BCUT2D eigenvalue weighted by Gasteiger charge is -2.00. The summed E-state index contributed by atoms with van der Waals surface area (Å²) in [6.45, 7) is 0. The normalized spacial score (nSPS) is 11.0. The highest BCUT2D eigenvalue weighted by Gasteiger charge is 1.97. The SMILES string of the molecule is CN/C=C(\C=N)c1ccc(N)nc1. The highest BCUT2D eigenvalue weighted by molar-refractivity contribution is 6.08. The van der Waals surface area contributed by atoms with Crippen LogP contribution in [-0.4, -0.2) is 18.2 Å². The van der Waals surface area contributed by atoms with Gasteiger partial charge in [-0.2, -0.15) is 0 Å². The summed E-state index contributed by atoms with van der Waals surface area (Å²) in [5, 5.41) is 10.0. The molecule has 1 aromatic rings. The fraction of sp³-hybridized carbons (Fsp3) is 0.111. The van der Waals surface area contributed by atoms with Crippen LogP contribution in [0.1, 0.15) is 5.56 Å². The van der Waals surface area contributed by atoms with E-state index in [2.05, 4.69) is 10.3 Å². The lowest BCUT2D eigenvalue weighted by Crippen LogP contribution is -1.98. The summed E-state index contributed by atoms with van der Waals surface area (Å²) in [5.74, 6) is 0.484. The van der Waals surface area contributed by atoms with Crippen molar-refractivity contribution in [3.63, 3.8) is 0 Å². The molecule has 0 saturated heterocycles. The van der Waals surface area contributed by atoms with Gasteiger partial charge in [-0.15, -0.1) is 0 Å². The van der Waals surface area contributed by atoms with Crippen molar-refractivity contribution in [3.8, 4) is 0 Å². The van der Waals surface area contributed by atoms with Gasteiger partial charge in [-0.3, -0.25) is 0 Å². The Morgan fingerprint density at radius 2 is 2.38 bits per heavy atom. The Hall–Kier alpha value is -1.84. The number of hydrogen-bond donors (Lipinski definition) is 3. The van der Waals surface area contributed by atoms with Gasteiger partial charge in [-0.05, 0) is 12.1 Å². The molecule has 0 aromatic carbocycles. The van der Waals surface area contributed by atoms with Gasteiger partial charge in [-0.25, -0.2) is 4.98 Å². The average molecular weight is 176 g/mol. The largest absolute Gasteiger partial charge is 0.393 e. The molecule has 4 heteroatoms. The van der Waals surface area contributed by atoms with Crippen molar-refractivity contribution >= 4 is 17.6 Å². The van der Waals surface area contributed by atoms with E-state index in [9.17, 15) is 0 Å². The zero-order valence-corrected chi connectivity index (χ0v) is 7.41. The minimum absolute atomic E-state index is 0.484. The first-order valence-electron chi connectivity index (χ1n) is 3.87. The Morgan fingerprint density at radius 1 is 1.62 bits per heavy atom. The summed E-state index contributed by atoms with van der Waals surface area (Å²) in [4.78, 5) is 3.94. The number of nitrogen functional groups attached to an aromatic ring is 1. The number of pyridine rings is 1. The summed E-state index contributed by atoms with van der Waals surface area (Å²) < 4.78 is 0. The summed E-state index contributed by atoms with van der Waals surface area (Å²) in [6, 6.07) is 3.54. The fourth-order valence-electron chi connectivity index (χ4n) is 0.940. The molecule has 0 aliphatic rings. The third-order valence-electron chi connectivity index (χ3n) is 1.58. The van der Waals surface area contributed by atoms with Crippen molar-refractivity contribution in [1.82, 2.24) is 10.3 Å². The van der Waals surface area contributed by atoms with Crippen LogP contribution in [0.15, 0.2) is 24.5 Å². The molecule has 1 aromatic heterocycles. The van der Waals surface area contributed by atoms with Gasteiger partial charge in [0.1, 0.15) is 5.82 Å². The molecule has 0 aliphatic heterocycles. The van der Waals surface area contributed by atoms with E-state index in [4.69, 9.17) is 11.1 Å². The first-order chi connectivity index (χ1) is 6.27. The smallest absolute Gasteiger partial charge is 0.123 e. The number of aromatic nitrogens is 1. The molecular formula is C9H12N4. The number of nitrogens with one attached hydrogen (secondary N) is 2. The van der Waals surface area contributed by atoms with Crippen LogP contribution in [0.4, 0.5) is 5.82 Å². The molecule has 1 heterocycles.